The lowest BCUT2D eigenvalue weighted by molar-refractivity contribution is 0.0345. The van der Waals surface area contributed by atoms with Gasteiger partial charge in [-0.05, 0) is 32.4 Å². The Balaban J connectivity index is 2.07. The van der Waals surface area contributed by atoms with Gasteiger partial charge in [-0.2, -0.15) is 5.26 Å². The molecule has 1 aromatic carbocycles. The molecule has 1 heterocycles. The van der Waals surface area contributed by atoms with Crippen LogP contribution in [0.1, 0.15) is 25.0 Å². The Labute approximate surface area is 121 Å². The fourth-order valence-corrected chi connectivity index (χ4v) is 2.85. The van der Waals surface area contributed by atoms with E-state index in [-0.39, 0.29) is 0 Å². The molecule has 4 nitrogen and oxygen atoms in total. The van der Waals surface area contributed by atoms with Gasteiger partial charge in [-0.25, -0.2) is 0 Å². The molecule has 0 saturated carbocycles. The summed E-state index contributed by atoms with van der Waals surface area (Å²) in [5.41, 5.74) is 2.32. The maximum Gasteiger partial charge on any atom is 0.101 e. The molecule has 20 heavy (non-hydrogen) atoms. The van der Waals surface area contributed by atoms with Crippen LogP contribution in [-0.4, -0.2) is 48.3 Å². The Hall–Kier alpha value is -1.57. The highest BCUT2D eigenvalue weighted by atomic mass is 16.3. The predicted octanol–water partition coefficient (Wildman–Crippen LogP) is 1.76. The minimum absolute atomic E-state index is 0.650. The summed E-state index contributed by atoms with van der Waals surface area (Å²) in [5, 5.41) is 19.1. The van der Waals surface area contributed by atoms with Crippen LogP contribution in [0.3, 0.4) is 0 Å². The normalized spacial score (nSPS) is 17.1. The first-order valence-corrected chi connectivity index (χ1v) is 7.10. The highest BCUT2D eigenvalue weighted by Gasteiger charge is 2.24. The number of hydrogen-bond acceptors (Lipinski definition) is 4. The van der Waals surface area contributed by atoms with E-state index in [0.29, 0.717) is 6.54 Å². The van der Waals surface area contributed by atoms with Crippen LogP contribution in [0.2, 0.25) is 0 Å². The summed E-state index contributed by atoms with van der Waals surface area (Å²) in [5.74, 6) is 0. The summed E-state index contributed by atoms with van der Waals surface area (Å²) in [7, 11) is 0. The van der Waals surface area contributed by atoms with Gasteiger partial charge < -0.3 is 10.0 Å². The fraction of sp³-hybridized carbons (Fsp3) is 0.562. The first-order chi connectivity index (χ1) is 9.40. The second-order valence-corrected chi connectivity index (χ2v) is 6.16. The molecule has 1 N–H and O–H groups in total. The zero-order valence-electron chi connectivity index (χ0n) is 12.6. The largest absolute Gasteiger partial charge is 0.389 e. The molecule has 108 valence electrons. The molecule has 0 bridgehead atoms. The molecule has 1 saturated heterocycles. The van der Waals surface area contributed by atoms with Gasteiger partial charge in [0.25, 0.3) is 0 Å². The van der Waals surface area contributed by atoms with Gasteiger partial charge in [0.15, 0.2) is 0 Å². The quantitative estimate of drug-likeness (QED) is 0.911. The van der Waals surface area contributed by atoms with Crippen molar-refractivity contribution in [3.8, 4) is 6.07 Å². The molecular formula is C16H23N3O. The first kappa shape index (κ1) is 14.8. The van der Waals surface area contributed by atoms with Crippen molar-refractivity contribution in [2.24, 2.45) is 0 Å². The third-order valence-corrected chi connectivity index (χ3v) is 3.66. The number of β-amino-alcohol motifs (C(OH)–C–C–N with tert-alkyl or cyclic N) is 1. The number of nitriles is 1. The summed E-state index contributed by atoms with van der Waals surface area (Å²) in [6, 6.07) is 8.16. The minimum atomic E-state index is -0.650. The topological polar surface area (TPSA) is 50.5 Å². The molecular weight excluding hydrogens is 250 g/mol. The van der Waals surface area contributed by atoms with E-state index in [1.54, 1.807) is 0 Å². The molecule has 0 atom stereocenters. The average molecular weight is 273 g/mol. The number of aliphatic hydroxyl groups is 1. The number of rotatable bonds is 3. The average Bonchev–Trinajstić information content (AvgIpc) is 2.38. The number of piperazine rings is 1. The first-order valence-electron chi connectivity index (χ1n) is 7.10. The lowest BCUT2D eigenvalue weighted by Gasteiger charge is -2.39. The zero-order chi connectivity index (χ0) is 14.8. The van der Waals surface area contributed by atoms with Gasteiger partial charge >= 0.3 is 0 Å². The molecule has 0 radical (unpaired) electrons. The molecule has 1 aliphatic heterocycles. The van der Waals surface area contributed by atoms with Crippen molar-refractivity contribution in [3.05, 3.63) is 29.3 Å². The Morgan fingerprint density at radius 1 is 1.25 bits per heavy atom. The molecule has 0 spiro atoms. The Bertz CT molecular complexity index is 505. The van der Waals surface area contributed by atoms with Crippen LogP contribution >= 0.6 is 0 Å². The van der Waals surface area contributed by atoms with E-state index in [1.807, 2.05) is 26.0 Å². The third-order valence-electron chi connectivity index (χ3n) is 3.66. The smallest absolute Gasteiger partial charge is 0.101 e. The minimum Gasteiger partial charge on any atom is -0.389 e. The van der Waals surface area contributed by atoms with Crippen LogP contribution in [0, 0.1) is 18.3 Å². The van der Waals surface area contributed by atoms with Crippen molar-refractivity contribution in [1.82, 2.24) is 4.90 Å². The maximum absolute atomic E-state index is 9.88. The van der Waals surface area contributed by atoms with Gasteiger partial charge in [-0.3, -0.25) is 4.90 Å². The second kappa shape index (κ2) is 5.82. The number of benzene rings is 1. The van der Waals surface area contributed by atoms with Crippen molar-refractivity contribution >= 4 is 5.69 Å². The van der Waals surface area contributed by atoms with Crippen LogP contribution in [-0.2, 0) is 0 Å². The van der Waals surface area contributed by atoms with Crippen LogP contribution in [0.25, 0.3) is 0 Å². The van der Waals surface area contributed by atoms with E-state index >= 15 is 0 Å². The van der Waals surface area contributed by atoms with E-state index in [0.717, 1.165) is 43.0 Å². The van der Waals surface area contributed by atoms with Crippen LogP contribution in [0.4, 0.5) is 5.69 Å². The van der Waals surface area contributed by atoms with Crippen LogP contribution < -0.4 is 4.90 Å². The van der Waals surface area contributed by atoms with E-state index in [9.17, 15) is 10.4 Å². The zero-order valence-corrected chi connectivity index (χ0v) is 12.6. The van der Waals surface area contributed by atoms with E-state index < -0.39 is 5.60 Å². The van der Waals surface area contributed by atoms with Gasteiger partial charge in [-0.1, -0.05) is 12.1 Å². The van der Waals surface area contributed by atoms with Gasteiger partial charge in [0.05, 0.1) is 16.9 Å². The Morgan fingerprint density at radius 3 is 2.45 bits per heavy atom. The summed E-state index contributed by atoms with van der Waals surface area (Å²) < 4.78 is 0. The maximum atomic E-state index is 9.88. The van der Waals surface area contributed by atoms with Crippen LogP contribution in [0.5, 0.6) is 0 Å². The molecule has 0 aliphatic carbocycles. The monoisotopic (exact) mass is 273 g/mol. The van der Waals surface area contributed by atoms with Crippen molar-refractivity contribution in [2.75, 3.05) is 37.6 Å². The standard InChI is InChI=1S/C16H23N3O/c1-13-5-4-6-14(11-17)15(13)19-9-7-18(8-10-19)12-16(2,3)20/h4-6,20H,7-10,12H2,1-3H3. The van der Waals surface area contributed by atoms with E-state index in [1.165, 1.54) is 0 Å². The van der Waals surface area contributed by atoms with Gasteiger partial charge in [0, 0.05) is 32.7 Å². The van der Waals surface area contributed by atoms with E-state index in [4.69, 9.17) is 0 Å². The highest BCUT2D eigenvalue weighted by molar-refractivity contribution is 5.64. The molecule has 1 aromatic rings. The SMILES string of the molecule is Cc1cccc(C#N)c1N1CCN(CC(C)(C)O)CC1. The van der Waals surface area contributed by atoms with E-state index in [2.05, 4.69) is 28.9 Å². The number of anilines is 1. The molecule has 4 heteroatoms. The lowest BCUT2D eigenvalue weighted by atomic mass is 10.1. The molecule has 1 fully saturated rings. The van der Waals surface area contributed by atoms with Crippen molar-refractivity contribution in [1.29, 1.82) is 5.26 Å². The van der Waals surface area contributed by atoms with Gasteiger partial charge in [0.1, 0.15) is 6.07 Å². The summed E-state index contributed by atoms with van der Waals surface area (Å²) in [6.07, 6.45) is 0. The number of hydrogen-bond donors (Lipinski definition) is 1. The molecule has 2 rings (SSSR count). The fourth-order valence-electron chi connectivity index (χ4n) is 2.85. The number of nitrogens with zero attached hydrogens (tertiary/aromatic N) is 3. The number of para-hydroxylation sites is 1. The van der Waals surface area contributed by atoms with Crippen LogP contribution in [0.15, 0.2) is 18.2 Å². The predicted molar refractivity (Wildman–Crippen MR) is 80.8 cm³/mol. The van der Waals surface area contributed by atoms with Gasteiger partial charge in [0.2, 0.25) is 0 Å². The summed E-state index contributed by atoms with van der Waals surface area (Å²) in [4.78, 5) is 4.57. The van der Waals surface area contributed by atoms with Crippen molar-refractivity contribution in [3.63, 3.8) is 0 Å². The molecule has 0 aromatic heterocycles. The molecule has 0 unspecified atom stereocenters. The Kier molecular flexibility index (Phi) is 4.32. The highest BCUT2D eigenvalue weighted by Crippen LogP contribution is 2.25. The molecule has 1 aliphatic rings. The Morgan fingerprint density at radius 2 is 1.90 bits per heavy atom. The van der Waals surface area contributed by atoms with Crippen molar-refractivity contribution in [2.45, 2.75) is 26.4 Å². The lowest BCUT2D eigenvalue weighted by Crippen LogP contribution is -2.50. The second-order valence-electron chi connectivity index (χ2n) is 6.16. The summed E-state index contributed by atoms with van der Waals surface area (Å²) in [6.45, 7) is 10.1. The molecule has 0 amide bonds. The number of aryl methyl sites for hydroxylation is 1. The third kappa shape index (κ3) is 3.50. The summed E-state index contributed by atoms with van der Waals surface area (Å²) >= 11 is 0. The van der Waals surface area contributed by atoms with Gasteiger partial charge in [-0.15, -0.1) is 0 Å². The van der Waals surface area contributed by atoms with Crippen molar-refractivity contribution < 1.29 is 5.11 Å².